The Morgan fingerprint density at radius 3 is 2.43 bits per heavy atom. The van der Waals surface area contributed by atoms with Gasteiger partial charge in [-0.3, -0.25) is 9.10 Å². The Bertz CT molecular complexity index is 1470. The van der Waals surface area contributed by atoms with Crippen LogP contribution in [0.3, 0.4) is 0 Å². The standard InChI is InChI=1S/C26H24N4O4S/c1-19-27-15-16-29(19)22-12-6-5-9-20(22)17-28-26(31)25-18-30(23-13-7-8-14-24(23)34-25)35(32,33)21-10-3-2-4-11-21/h2-16,25H,17-18H2,1H3,(H,28,31). The lowest BCUT2D eigenvalue weighted by Crippen LogP contribution is -2.50. The number of aryl methyl sites for hydroxylation is 1. The zero-order valence-corrected chi connectivity index (χ0v) is 19.9. The molecule has 1 N–H and O–H groups in total. The number of benzene rings is 3. The second kappa shape index (κ2) is 9.27. The van der Waals surface area contributed by atoms with Gasteiger partial charge in [0, 0.05) is 18.9 Å². The van der Waals surface area contributed by atoms with Crippen molar-refractivity contribution < 1.29 is 17.9 Å². The van der Waals surface area contributed by atoms with Crippen LogP contribution in [-0.2, 0) is 21.4 Å². The van der Waals surface area contributed by atoms with Crippen LogP contribution < -0.4 is 14.4 Å². The predicted molar refractivity (Wildman–Crippen MR) is 132 cm³/mol. The van der Waals surface area contributed by atoms with E-state index in [0.29, 0.717) is 11.4 Å². The van der Waals surface area contributed by atoms with Crippen molar-refractivity contribution in [3.05, 3.63) is 103 Å². The van der Waals surface area contributed by atoms with Crippen molar-refractivity contribution in [2.24, 2.45) is 0 Å². The first-order chi connectivity index (χ1) is 16.9. The van der Waals surface area contributed by atoms with Gasteiger partial charge in [0.25, 0.3) is 15.9 Å². The van der Waals surface area contributed by atoms with Crippen LogP contribution in [0.25, 0.3) is 5.69 Å². The van der Waals surface area contributed by atoms with Crippen LogP contribution in [0.1, 0.15) is 11.4 Å². The maximum Gasteiger partial charge on any atom is 0.264 e. The first-order valence-corrected chi connectivity index (χ1v) is 12.6. The van der Waals surface area contributed by atoms with Crippen LogP contribution in [-0.4, -0.2) is 36.5 Å². The van der Waals surface area contributed by atoms with Crippen molar-refractivity contribution in [1.82, 2.24) is 14.9 Å². The molecule has 1 atom stereocenters. The van der Waals surface area contributed by atoms with Crippen LogP contribution in [0, 0.1) is 6.92 Å². The molecule has 0 saturated carbocycles. The Hall–Kier alpha value is -4.11. The number of ether oxygens (including phenoxy) is 1. The number of imidazole rings is 1. The van der Waals surface area contributed by atoms with Gasteiger partial charge >= 0.3 is 0 Å². The first kappa shape index (κ1) is 22.7. The van der Waals surface area contributed by atoms with Gasteiger partial charge in [0.05, 0.1) is 22.8 Å². The van der Waals surface area contributed by atoms with Gasteiger partial charge in [-0.05, 0) is 42.8 Å². The molecule has 0 fully saturated rings. The smallest absolute Gasteiger partial charge is 0.264 e. The highest BCUT2D eigenvalue weighted by molar-refractivity contribution is 7.92. The number of nitrogens with zero attached hydrogens (tertiary/aromatic N) is 3. The van der Waals surface area contributed by atoms with E-state index in [9.17, 15) is 13.2 Å². The predicted octanol–water partition coefficient (Wildman–Crippen LogP) is 3.45. The van der Waals surface area contributed by atoms with Crippen molar-refractivity contribution in [2.45, 2.75) is 24.5 Å². The summed E-state index contributed by atoms with van der Waals surface area (Å²) in [6.45, 7) is 2.02. The quantitative estimate of drug-likeness (QED) is 0.449. The summed E-state index contributed by atoms with van der Waals surface area (Å²) >= 11 is 0. The molecule has 1 aliphatic rings. The van der Waals surface area contributed by atoms with Crippen molar-refractivity contribution in [3.8, 4) is 11.4 Å². The van der Waals surface area contributed by atoms with E-state index in [4.69, 9.17) is 4.74 Å². The summed E-state index contributed by atoms with van der Waals surface area (Å²) in [4.78, 5) is 17.6. The largest absolute Gasteiger partial charge is 0.476 e. The molecule has 0 aliphatic carbocycles. The van der Waals surface area contributed by atoms with Crippen molar-refractivity contribution in [2.75, 3.05) is 10.8 Å². The van der Waals surface area contributed by atoms with E-state index in [2.05, 4.69) is 10.3 Å². The maximum atomic E-state index is 13.4. The molecule has 1 aromatic heterocycles. The topological polar surface area (TPSA) is 93.5 Å². The molecule has 0 radical (unpaired) electrons. The molecule has 9 heteroatoms. The van der Waals surface area contributed by atoms with E-state index in [1.54, 1.807) is 48.7 Å². The van der Waals surface area contributed by atoms with Gasteiger partial charge in [0.15, 0.2) is 6.10 Å². The molecular formula is C26H24N4O4S. The summed E-state index contributed by atoms with van der Waals surface area (Å²) in [5.41, 5.74) is 2.21. The Balaban J connectivity index is 1.39. The van der Waals surface area contributed by atoms with Crippen molar-refractivity contribution in [1.29, 1.82) is 0 Å². The summed E-state index contributed by atoms with van der Waals surface area (Å²) in [6.07, 6.45) is 2.58. The van der Waals surface area contributed by atoms with Crippen LogP contribution >= 0.6 is 0 Å². The molecular weight excluding hydrogens is 464 g/mol. The molecule has 178 valence electrons. The maximum absolute atomic E-state index is 13.4. The molecule has 0 bridgehead atoms. The van der Waals surface area contributed by atoms with Gasteiger partial charge in [-0.1, -0.05) is 48.5 Å². The minimum Gasteiger partial charge on any atom is -0.476 e. The number of amides is 1. The average molecular weight is 489 g/mol. The molecule has 1 unspecified atom stereocenters. The summed E-state index contributed by atoms with van der Waals surface area (Å²) in [6, 6.07) is 22.7. The molecule has 0 saturated heterocycles. The molecule has 35 heavy (non-hydrogen) atoms. The first-order valence-electron chi connectivity index (χ1n) is 11.1. The molecule has 2 heterocycles. The Morgan fingerprint density at radius 2 is 1.69 bits per heavy atom. The molecule has 8 nitrogen and oxygen atoms in total. The molecule has 4 aromatic rings. The monoisotopic (exact) mass is 488 g/mol. The fourth-order valence-electron chi connectivity index (χ4n) is 4.11. The highest BCUT2D eigenvalue weighted by Gasteiger charge is 2.37. The van der Waals surface area contributed by atoms with Gasteiger partial charge in [-0.2, -0.15) is 0 Å². The Labute approximate surface area is 203 Å². The van der Waals surface area contributed by atoms with E-state index in [-0.39, 0.29) is 18.0 Å². The lowest BCUT2D eigenvalue weighted by atomic mass is 10.1. The third-order valence-corrected chi connectivity index (χ3v) is 7.68. The Kier molecular flexibility index (Phi) is 6.00. The van der Waals surface area contributed by atoms with Gasteiger partial charge in [-0.15, -0.1) is 0 Å². The number of rotatable bonds is 6. The lowest BCUT2D eigenvalue weighted by molar-refractivity contribution is -0.127. The zero-order valence-electron chi connectivity index (χ0n) is 19.0. The third kappa shape index (κ3) is 4.38. The Morgan fingerprint density at radius 1 is 1.00 bits per heavy atom. The van der Waals surface area contributed by atoms with Gasteiger partial charge < -0.3 is 14.6 Å². The summed E-state index contributed by atoms with van der Waals surface area (Å²) in [7, 11) is -3.89. The number of para-hydroxylation sites is 3. The molecule has 5 rings (SSSR count). The van der Waals surface area contributed by atoms with Crippen molar-refractivity contribution >= 4 is 21.6 Å². The van der Waals surface area contributed by atoms with Crippen LogP contribution in [0.2, 0.25) is 0 Å². The summed E-state index contributed by atoms with van der Waals surface area (Å²) in [5, 5.41) is 2.91. The molecule has 1 amide bonds. The molecule has 3 aromatic carbocycles. The highest BCUT2D eigenvalue weighted by atomic mass is 32.2. The van der Waals surface area contributed by atoms with Gasteiger partial charge in [0.2, 0.25) is 0 Å². The number of sulfonamides is 1. The number of hydrogen-bond donors (Lipinski definition) is 1. The summed E-state index contributed by atoms with van der Waals surface area (Å²) in [5.74, 6) is 0.774. The number of carbonyl (C=O) groups excluding carboxylic acids is 1. The van der Waals surface area contributed by atoms with Gasteiger partial charge in [-0.25, -0.2) is 13.4 Å². The second-order valence-corrected chi connectivity index (χ2v) is 9.98. The SMILES string of the molecule is Cc1nccn1-c1ccccc1CNC(=O)C1CN(S(=O)(=O)c2ccccc2)c2ccccc2O1. The summed E-state index contributed by atoms with van der Waals surface area (Å²) < 4.78 is 36.0. The number of nitrogens with one attached hydrogen (secondary N) is 1. The van der Waals surface area contributed by atoms with E-state index >= 15 is 0 Å². The number of carbonyl (C=O) groups is 1. The van der Waals surface area contributed by atoms with Gasteiger partial charge in [0.1, 0.15) is 11.6 Å². The van der Waals surface area contributed by atoms with Crippen molar-refractivity contribution in [3.63, 3.8) is 0 Å². The number of aromatic nitrogens is 2. The minimum absolute atomic E-state index is 0.137. The van der Waals surface area contributed by atoms with E-state index in [1.807, 2.05) is 42.0 Å². The molecule has 0 spiro atoms. The second-order valence-electron chi connectivity index (χ2n) is 8.11. The number of fused-ring (bicyclic) bond motifs is 1. The van der Waals surface area contributed by atoms with Crippen LogP contribution in [0.15, 0.2) is 96.2 Å². The average Bonchev–Trinajstić information content (AvgIpc) is 3.32. The van der Waals surface area contributed by atoms with Crippen LogP contribution in [0.5, 0.6) is 5.75 Å². The molecule has 1 aliphatic heterocycles. The normalized spacial score (nSPS) is 15.2. The van der Waals surface area contributed by atoms with E-state index in [1.165, 1.54) is 16.4 Å². The van der Waals surface area contributed by atoms with Crippen LogP contribution in [0.4, 0.5) is 5.69 Å². The number of anilines is 1. The minimum atomic E-state index is -3.89. The number of hydrogen-bond acceptors (Lipinski definition) is 5. The third-order valence-electron chi connectivity index (χ3n) is 5.89. The fraction of sp³-hybridized carbons (Fsp3) is 0.154. The zero-order chi connectivity index (χ0) is 24.4. The van der Waals surface area contributed by atoms with E-state index in [0.717, 1.165) is 17.1 Å². The lowest BCUT2D eigenvalue weighted by Gasteiger charge is -2.34. The highest BCUT2D eigenvalue weighted by Crippen LogP contribution is 2.36. The fourth-order valence-corrected chi connectivity index (χ4v) is 5.61. The van der Waals surface area contributed by atoms with E-state index < -0.39 is 22.0 Å².